The Balaban J connectivity index is 1.55. The van der Waals surface area contributed by atoms with E-state index in [4.69, 9.17) is 0 Å². The van der Waals surface area contributed by atoms with E-state index in [2.05, 4.69) is 36.4 Å². The molecular formula is C44H20N6. The normalized spacial score (nSPS) is 14.6. The van der Waals surface area contributed by atoms with E-state index in [1.807, 2.05) is 84.9 Å². The molecule has 0 N–H and O–H groups in total. The molecule has 0 unspecified atom stereocenters. The van der Waals surface area contributed by atoms with Crippen LogP contribution in [0.15, 0.2) is 121 Å². The van der Waals surface area contributed by atoms with E-state index in [1.54, 1.807) is 36.4 Å². The van der Waals surface area contributed by atoms with Crippen LogP contribution in [-0.4, -0.2) is 0 Å². The highest BCUT2D eigenvalue weighted by Crippen LogP contribution is 2.52. The van der Waals surface area contributed by atoms with Crippen molar-refractivity contribution in [2.24, 2.45) is 0 Å². The number of rotatable bonds is 4. The molecule has 2 aliphatic carbocycles. The molecular weight excluding hydrogens is 613 g/mol. The van der Waals surface area contributed by atoms with Gasteiger partial charge in [-0.05, 0) is 63.7 Å². The molecule has 0 saturated heterocycles. The van der Waals surface area contributed by atoms with Crippen molar-refractivity contribution in [1.29, 1.82) is 31.6 Å². The minimum absolute atomic E-state index is 0.313. The van der Waals surface area contributed by atoms with Crippen LogP contribution >= 0.6 is 0 Å². The maximum Gasteiger partial charge on any atom is 0.100 e. The molecule has 226 valence electrons. The summed E-state index contributed by atoms with van der Waals surface area (Å²) in [6.45, 7) is 0. The van der Waals surface area contributed by atoms with Crippen LogP contribution in [0.3, 0.4) is 0 Å². The summed E-state index contributed by atoms with van der Waals surface area (Å²) in [5, 5.41) is 61.9. The summed E-state index contributed by atoms with van der Waals surface area (Å²) in [6, 6.07) is 49.8. The predicted molar refractivity (Wildman–Crippen MR) is 191 cm³/mol. The second kappa shape index (κ2) is 12.7. The van der Waals surface area contributed by atoms with Gasteiger partial charge in [0.05, 0.1) is 45.6 Å². The lowest BCUT2D eigenvalue weighted by Gasteiger charge is -2.15. The monoisotopic (exact) mass is 632 g/mol. The van der Waals surface area contributed by atoms with Gasteiger partial charge in [0.2, 0.25) is 0 Å². The van der Waals surface area contributed by atoms with Crippen LogP contribution in [0.1, 0.15) is 55.6 Å². The van der Waals surface area contributed by atoms with E-state index in [-0.39, 0.29) is 0 Å². The third kappa shape index (κ3) is 4.85. The highest BCUT2D eigenvalue weighted by Gasteiger charge is 2.34. The molecule has 0 fully saturated rings. The molecule has 0 saturated carbocycles. The van der Waals surface area contributed by atoms with Gasteiger partial charge in [0.15, 0.2) is 0 Å². The van der Waals surface area contributed by atoms with E-state index in [9.17, 15) is 31.6 Å². The van der Waals surface area contributed by atoms with Crippen molar-refractivity contribution in [2.45, 2.75) is 0 Å². The van der Waals surface area contributed by atoms with E-state index in [0.717, 1.165) is 0 Å². The molecule has 0 heterocycles. The van der Waals surface area contributed by atoms with Crippen LogP contribution in [0.2, 0.25) is 0 Å². The standard InChI is InChI=1S/C44H20N6/c45-21-27-14-16-33-35(18-27)39(25-49)41(43(33)37(23-47)29-8-3-1-4-9-29)31-12-7-13-32(20-31)42-40(26-50)36-19-28(22-46)15-17-34(36)44(42)38(24-48)30-10-5-2-6-11-30/h1-20H/b43-37+,44-38+. The van der Waals surface area contributed by atoms with Gasteiger partial charge in [-0.1, -0.05) is 91.0 Å². The number of hydrogen-bond acceptors (Lipinski definition) is 6. The van der Waals surface area contributed by atoms with Crippen LogP contribution < -0.4 is 0 Å². The van der Waals surface area contributed by atoms with E-state index in [0.29, 0.717) is 100 Å². The Morgan fingerprint density at radius 1 is 0.380 bits per heavy atom. The van der Waals surface area contributed by atoms with Gasteiger partial charge in [-0.3, -0.25) is 0 Å². The van der Waals surface area contributed by atoms with Gasteiger partial charge in [0, 0.05) is 33.4 Å². The van der Waals surface area contributed by atoms with E-state index >= 15 is 0 Å². The van der Waals surface area contributed by atoms with Crippen molar-refractivity contribution in [3.63, 3.8) is 0 Å². The third-order valence-electron chi connectivity index (χ3n) is 8.89. The Bertz CT molecular complexity index is 2500. The highest BCUT2D eigenvalue weighted by molar-refractivity contribution is 6.32. The number of nitriles is 6. The molecule has 5 aromatic carbocycles. The maximum absolute atomic E-state index is 10.6. The average molecular weight is 633 g/mol. The van der Waals surface area contributed by atoms with Crippen LogP contribution in [0, 0.1) is 68.0 Å². The molecule has 7 rings (SSSR count). The van der Waals surface area contributed by atoms with Crippen molar-refractivity contribution in [3.8, 4) is 36.4 Å². The second-order valence-electron chi connectivity index (χ2n) is 11.5. The van der Waals surface area contributed by atoms with Gasteiger partial charge >= 0.3 is 0 Å². The molecule has 6 nitrogen and oxygen atoms in total. The molecule has 0 radical (unpaired) electrons. The Labute approximate surface area is 288 Å². The number of nitrogens with zero attached hydrogens (tertiary/aromatic N) is 6. The Morgan fingerprint density at radius 3 is 1.16 bits per heavy atom. The molecule has 0 aliphatic heterocycles. The van der Waals surface area contributed by atoms with Crippen molar-refractivity contribution >= 4 is 44.6 Å². The summed E-state index contributed by atoms with van der Waals surface area (Å²) in [4.78, 5) is 0. The van der Waals surface area contributed by atoms with Gasteiger partial charge in [0.25, 0.3) is 0 Å². The first-order valence-corrected chi connectivity index (χ1v) is 15.5. The summed E-state index contributed by atoms with van der Waals surface area (Å²) >= 11 is 0. The average Bonchev–Trinajstić information content (AvgIpc) is 3.68. The van der Waals surface area contributed by atoms with Crippen LogP contribution in [0.5, 0.6) is 0 Å². The van der Waals surface area contributed by atoms with Gasteiger partial charge in [-0.2, -0.15) is 31.6 Å². The van der Waals surface area contributed by atoms with Gasteiger partial charge in [0.1, 0.15) is 24.3 Å². The number of hydrogen-bond donors (Lipinski definition) is 0. The molecule has 0 atom stereocenters. The van der Waals surface area contributed by atoms with Crippen molar-refractivity contribution < 1.29 is 0 Å². The summed E-state index contributed by atoms with van der Waals surface area (Å²) in [6.07, 6.45) is 0. The Kier molecular flexibility index (Phi) is 7.76. The zero-order chi connectivity index (χ0) is 34.8. The lowest BCUT2D eigenvalue weighted by molar-refractivity contribution is 1.46. The zero-order valence-electron chi connectivity index (χ0n) is 26.2. The fourth-order valence-corrected chi connectivity index (χ4v) is 6.76. The third-order valence-corrected chi connectivity index (χ3v) is 8.89. The first-order chi connectivity index (χ1) is 24.6. The Morgan fingerprint density at radius 2 is 0.800 bits per heavy atom. The smallest absolute Gasteiger partial charge is 0.100 e. The fraction of sp³-hybridized carbons (Fsp3) is 0. The molecule has 2 aliphatic rings. The second-order valence-corrected chi connectivity index (χ2v) is 11.5. The summed E-state index contributed by atoms with van der Waals surface area (Å²) in [7, 11) is 0. The molecule has 0 aromatic heterocycles. The molecule has 0 amide bonds. The topological polar surface area (TPSA) is 143 Å². The predicted octanol–water partition coefficient (Wildman–Crippen LogP) is 9.19. The first kappa shape index (κ1) is 30.6. The van der Waals surface area contributed by atoms with Crippen LogP contribution in [0.25, 0.3) is 44.6 Å². The lowest BCUT2D eigenvalue weighted by atomic mass is 9.86. The van der Waals surface area contributed by atoms with E-state index in [1.165, 1.54) is 0 Å². The first-order valence-electron chi connectivity index (χ1n) is 15.5. The van der Waals surface area contributed by atoms with E-state index < -0.39 is 0 Å². The molecule has 6 heteroatoms. The minimum Gasteiger partial charge on any atom is -0.192 e. The maximum atomic E-state index is 10.6. The SMILES string of the molecule is N#CC1=C(c2cccc(C3=C(C#N)c4cc(C#N)ccc4/C3=C(/C#N)c3ccccc3)c2)/C(=C(\C#N)c2ccccc2)c2ccc(C#N)cc21. The van der Waals surface area contributed by atoms with Gasteiger partial charge < -0.3 is 0 Å². The van der Waals surface area contributed by atoms with Crippen LogP contribution in [-0.2, 0) is 0 Å². The molecule has 50 heavy (non-hydrogen) atoms. The summed E-state index contributed by atoms with van der Waals surface area (Å²) < 4.78 is 0. The van der Waals surface area contributed by atoms with Gasteiger partial charge in [-0.15, -0.1) is 0 Å². The quantitative estimate of drug-likeness (QED) is 0.181. The molecule has 0 bridgehead atoms. The highest BCUT2D eigenvalue weighted by atomic mass is 14.4. The minimum atomic E-state index is 0.313. The number of allylic oxidation sites excluding steroid dienone is 8. The van der Waals surface area contributed by atoms with Gasteiger partial charge in [-0.25, -0.2) is 0 Å². The van der Waals surface area contributed by atoms with Crippen LogP contribution in [0.4, 0.5) is 0 Å². The molecule has 5 aromatic rings. The zero-order valence-corrected chi connectivity index (χ0v) is 26.2. The van der Waals surface area contributed by atoms with Crippen molar-refractivity contribution in [1.82, 2.24) is 0 Å². The van der Waals surface area contributed by atoms with Crippen molar-refractivity contribution in [3.05, 3.63) is 177 Å². The Hall–Kier alpha value is -8.00. The summed E-state index contributed by atoms with van der Waals surface area (Å²) in [5.41, 5.74) is 9.30. The fourth-order valence-electron chi connectivity index (χ4n) is 6.76. The number of fused-ring (bicyclic) bond motifs is 2. The lowest BCUT2D eigenvalue weighted by Crippen LogP contribution is -1.96. The van der Waals surface area contributed by atoms with Crippen molar-refractivity contribution in [2.75, 3.05) is 0 Å². The number of benzene rings is 5. The largest absolute Gasteiger partial charge is 0.192 e. The molecule has 0 spiro atoms. The summed E-state index contributed by atoms with van der Waals surface area (Å²) in [5.74, 6) is 0.